The highest BCUT2D eigenvalue weighted by Crippen LogP contribution is 2.76. The third-order valence-electron chi connectivity index (χ3n) is 18.6. The number of carbonyl (C=O) groups excluding carboxylic acids is 4. The van der Waals surface area contributed by atoms with Crippen molar-refractivity contribution < 1.29 is 43.3 Å². The van der Waals surface area contributed by atoms with Crippen molar-refractivity contribution in [2.75, 3.05) is 6.61 Å². The summed E-state index contributed by atoms with van der Waals surface area (Å²) in [5.74, 6) is -0.759. The van der Waals surface area contributed by atoms with Gasteiger partial charge >= 0.3 is 11.9 Å². The summed E-state index contributed by atoms with van der Waals surface area (Å²) in [6.45, 7) is 23.5. The standard InChI is InChI=1S/C50H70N2O9/c1-27(2)38-31(53)25-50(52-43(58)46(7,8)51-40(54)34-26-59-32-14-12-13-15-33(32)60-34)23-22-48(10)28(39(38)50)16-17-36-47(9)20-19-37(45(5,6)35(47)18-21-49(36,48)11)61-42(57)30-24-29(41(55)56)44(30,3)4/h12-15,27-30,34-37H,16-26H2,1-11H3,(H,51,54)(H,52,58)(H,55,56)/t28?,29-,30+,34?,35-,36+,37-,47-,48+,49+,50+/m0/s1. The van der Waals surface area contributed by atoms with Gasteiger partial charge in [0.25, 0.3) is 5.91 Å². The number of benzene rings is 1. The van der Waals surface area contributed by atoms with Gasteiger partial charge in [-0.05, 0) is 140 Å². The monoisotopic (exact) mass is 843 g/mol. The van der Waals surface area contributed by atoms with Crippen LogP contribution in [0.3, 0.4) is 0 Å². The summed E-state index contributed by atoms with van der Waals surface area (Å²) < 4.78 is 18.2. The van der Waals surface area contributed by atoms with E-state index in [-0.39, 0.29) is 70.3 Å². The maximum Gasteiger partial charge on any atom is 0.309 e. The molecule has 2 unspecified atom stereocenters. The Hall–Kier alpha value is -3.89. The molecule has 5 saturated carbocycles. The Morgan fingerprint density at radius 2 is 1.52 bits per heavy atom. The van der Waals surface area contributed by atoms with E-state index in [1.54, 1.807) is 26.0 Å². The Morgan fingerprint density at radius 1 is 0.836 bits per heavy atom. The molecule has 8 rings (SSSR count). The van der Waals surface area contributed by atoms with Crippen LogP contribution in [0.1, 0.15) is 140 Å². The molecule has 2 amide bonds. The van der Waals surface area contributed by atoms with Crippen LogP contribution in [0.5, 0.6) is 11.5 Å². The predicted molar refractivity (Wildman–Crippen MR) is 229 cm³/mol. The minimum Gasteiger partial charge on any atom is -0.485 e. The Morgan fingerprint density at radius 3 is 2.18 bits per heavy atom. The summed E-state index contributed by atoms with van der Waals surface area (Å²) in [4.78, 5) is 67.8. The quantitative estimate of drug-likeness (QED) is 0.220. The number of amides is 2. The number of allylic oxidation sites excluding steroid dienone is 1. The molecule has 1 aliphatic heterocycles. The van der Waals surface area contributed by atoms with E-state index in [2.05, 4.69) is 59.1 Å². The molecule has 11 heteroatoms. The van der Waals surface area contributed by atoms with Crippen LogP contribution in [0, 0.1) is 62.6 Å². The molecule has 3 N–H and O–H groups in total. The van der Waals surface area contributed by atoms with Crippen LogP contribution in [0.4, 0.5) is 0 Å². The SMILES string of the molecule is CC(C)C1=C2C3CC[C@@H]4[C@@]5(C)CC[C@H](OC(=O)[C@H]6C[C@@H](C(=O)O)C6(C)C)C(C)(C)[C@@H]5CC[C@@]4(C)[C@]3(C)CC[C@@]2(NC(=O)C(C)(C)NC(=O)C2COc3ccccc3O2)CC1=O. The Bertz CT molecular complexity index is 2070. The highest BCUT2D eigenvalue weighted by molar-refractivity contribution is 6.03. The third kappa shape index (κ3) is 6.41. The summed E-state index contributed by atoms with van der Waals surface area (Å²) in [5.41, 5.74) is -1.16. The molecule has 0 bridgehead atoms. The zero-order valence-electron chi connectivity index (χ0n) is 38.4. The van der Waals surface area contributed by atoms with Crippen molar-refractivity contribution >= 4 is 29.5 Å². The van der Waals surface area contributed by atoms with E-state index < -0.39 is 46.3 Å². The van der Waals surface area contributed by atoms with Gasteiger partial charge in [0, 0.05) is 11.8 Å². The average molecular weight is 843 g/mol. The molecular weight excluding hydrogens is 773 g/mol. The number of rotatable bonds is 8. The van der Waals surface area contributed by atoms with Crippen molar-refractivity contribution in [3.05, 3.63) is 35.4 Å². The fraction of sp³-hybridized carbons (Fsp3) is 0.740. The molecule has 0 spiro atoms. The minimum absolute atomic E-state index is 0.000706. The van der Waals surface area contributed by atoms with Gasteiger partial charge in [-0.3, -0.25) is 24.0 Å². The third-order valence-corrected chi connectivity index (χ3v) is 18.6. The number of hydrogen-bond acceptors (Lipinski definition) is 8. The smallest absolute Gasteiger partial charge is 0.309 e. The summed E-state index contributed by atoms with van der Waals surface area (Å²) in [6.07, 6.45) is 6.64. The van der Waals surface area contributed by atoms with Crippen LogP contribution in [0.2, 0.25) is 0 Å². The van der Waals surface area contributed by atoms with Crippen LogP contribution in [-0.2, 0) is 28.7 Å². The van der Waals surface area contributed by atoms with Gasteiger partial charge in [0.1, 0.15) is 18.2 Å². The number of esters is 1. The fourth-order valence-corrected chi connectivity index (χ4v) is 14.9. The first-order chi connectivity index (χ1) is 28.3. The largest absolute Gasteiger partial charge is 0.485 e. The van der Waals surface area contributed by atoms with E-state index in [0.29, 0.717) is 36.2 Å². The number of hydrogen-bond donors (Lipinski definition) is 3. The molecule has 0 radical (unpaired) electrons. The summed E-state index contributed by atoms with van der Waals surface area (Å²) in [5, 5.41) is 16.1. The lowest BCUT2D eigenvalue weighted by Gasteiger charge is -2.72. The van der Waals surface area contributed by atoms with Crippen LogP contribution in [0.25, 0.3) is 0 Å². The molecule has 0 saturated heterocycles. The topological polar surface area (TPSA) is 157 Å². The molecule has 61 heavy (non-hydrogen) atoms. The zero-order chi connectivity index (χ0) is 44.5. The number of carbonyl (C=O) groups is 5. The molecule has 334 valence electrons. The van der Waals surface area contributed by atoms with E-state index in [1.165, 1.54) is 0 Å². The van der Waals surface area contributed by atoms with Crippen molar-refractivity contribution in [1.29, 1.82) is 0 Å². The summed E-state index contributed by atoms with van der Waals surface area (Å²) in [7, 11) is 0. The number of ketones is 1. The van der Waals surface area contributed by atoms with Gasteiger partial charge in [-0.1, -0.05) is 74.4 Å². The second kappa shape index (κ2) is 14.3. The molecule has 1 aromatic rings. The zero-order valence-corrected chi connectivity index (χ0v) is 38.4. The summed E-state index contributed by atoms with van der Waals surface area (Å²) >= 11 is 0. The van der Waals surface area contributed by atoms with Crippen LogP contribution >= 0.6 is 0 Å². The first kappa shape index (κ1) is 43.7. The number of Topliss-reactive ketones (excluding diaryl/α,β-unsaturated/α-hetero) is 1. The maximum atomic E-state index is 14.5. The average Bonchev–Trinajstić information content (AvgIpc) is 3.46. The lowest BCUT2D eigenvalue weighted by atomic mass is 9.33. The molecule has 1 heterocycles. The van der Waals surface area contributed by atoms with Gasteiger partial charge in [0.15, 0.2) is 17.3 Å². The van der Waals surface area contributed by atoms with Crippen LogP contribution in [-0.4, -0.2) is 64.5 Å². The van der Waals surface area contributed by atoms with E-state index >= 15 is 0 Å². The first-order valence-corrected chi connectivity index (χ1v) is 23.1. The van der Waals surface area contributed by atoms with Crippen molar-refractivity contribution in [3.8, 4) is 11.5 Å². The van der Waals surface area contributed by atoms with Crippen molar-refractivity contribution in [1.82, 2.24) is 10.6 Å². The molecule has 5 fully saturated rings. The number of ether oxygens (including phenoxy) is 3. The number of aliphatic carboxylic acids is 1. The Labute approximate surface area is 362 Å². The molecule has 11 nitrogen and oxygen atoms in total. The van der Waals surface area contributed by atoms with E-state index in [0.717, 1.165) is 56.1 Å². The number of carboxylic acids is 1. The number of para-hydroxylation sites is 2. The van der Waals surface area contributed by atoms with Gasteiger partial charge < -0.3 is 30.0 Å². The molecule has 6 aliphatic carbocycles. The molecular formula is C50H70N2O9. The molecule has 11 atom stereocenters. The normalized spacial score (nSPS) is 39.4. The van der Waals surface area contributed by atoms with E-state index in [1.807, 2.05) is 26.0 Å². The predicted octanol–water partition coefficient (Wildman–Crippen LogP) is 8.23. The van der Waals surface area contributed by atoms with Crippen molar-refractivity contribution in [2.24, 2.45) is 62.6 Å². The Balaban J connectivity index is 1.02. The second-order valence-electron chi connectivity index (χ2n) is 23.0. The van der Waals surface area contributed by atoms with Gasteiger partial charge in [0.2, 0.25) is 12.0 Å². The number of carboxylic acid groups (broad SMARTS) is 1. The lowest BCUT2D eigenvalue weighted by Crippen LogP contribution is -2.68. The fourth-order valence-electron chi connectivity index (χ4n) is 14.9. The van der Waals surface area contributed by atoms with Gasteiger partial charge in [0.05, 0.1) is 17.4 Å². The van der Waals surface area contributed by atoms with E-state index in [9.17, 15) is 29.1 Å². The molecule has 7 aliphatic rings. The van der Waals surface area contributed by atoms with Crippen molar-refractivity contribution in [3.63, 3.8) is 0 Å². The van der Waals surface area contributed by atoms with Gasteiger partial charge in [-0.25, -0.2) is 0 Å². The second-order valence-corrected chi connectivity index (χ2v) is 23.0. The van der Waals surface area contributed by atoms with Gasteiger partial charge in [-0.2, -0.15) is 0 Å². The Kier molecular flexibility index (Phi) is 10.3. The van der Waals surface area contributed by atoms with Crippen LogP contribution < -0.4 is 20.1 Å². The summed E-state index contributed by atoms with van der Waals surface area (Å²) in [6, 6.07) is 7.20. The number of fused-ring (bicyclic) bond motifs is 8. The molecule has 0 aromatic heterocycles. The van der Waals surface area contributed by atoms with Crippen molar-refractivity contribution in [2.45, 2.75) is 164 Å². The van der Waals surface area contributed by atoms with Crippen LogP contribution in [0.15, 0.2) is 35.4 Å². The first-order valence-electron chi connectivity index (χ1n) is 23.1. The highest BCUT2D eigenvalue weighted by atomic mass is 16.6. The van der Waals surface area contributed by atoms with Gasteiger partial charge in [-0.15, -0.1) is 0 Å². The molecule has 1 aromatic carbocycles. The number of nitrogens with one attached hydrogen (secondary N) is 2. The maximum absolute atomic E-state index is 14.5. The minimum atomic E-state index is -1.30. The highest BCUT2D eigenvalue weighted by Gasteiger charge is 2.71. The lowest BCUT2D eigenvalue weighted by molar-refractivity contribution is -0.235. The van der Waals surface area contributed by atoms with E-state index in [4.69, 9.17) is 14.2 Å².